The van der Waals surface area contributed by atoms with E-state index in [1.165, 1.54) is 22.6 Å². The van der Waals surface area contributed by atoms with Crippen molar-refractivity contribution in [3.05, 3.63) is 75.6 Å². The molecule has 0 spiro atoms. The van der Waals surface area contributed by atoms with Crippen molar-refractivity contribution in [1.29, 1.82) is 0 Å². The van der Waals surface area contributed by atoms with Crippen LogP contribution in [-0.2, 0) is 23.7 Å². The van der Waals surface area contributed by atoms with Crippen LogP contribution in [-0.4, -0.2) is 59.5 Å². The summed E-state index contributed by atoms with van der Waals surface area (Å²) in [5.41, 5.74) is -1.94. The van der Waals surface area contributed by atoms with Gasteiger partial charge in [-0.05, 0) is 76.5 Å². The van der Waals surface area contributed by atoms with E-state index in [0.717, 1.165) is 24.7 Å². The van der Waals surface area contributed by atoms with Gasteiger partial charge in [-0.1, -0.05) is 12.1 Å². The smallest absolute Gasteiger partial charge is 0.351 e. The number of amides is 1. The van der Waals surface area contributed by atoms with Gasteiger partial charge in [0, 0.05) is 24.4 Å². The summed E-state index contributed by atoms with van der Waals surface area (Å²) >= 11 is 1.27. The second-order valence-corrected chi connectivity index (χ2v) is 10.9. The predicted octanol–water partition coefficient (Wildman–Crippen LogP) is 5.49. The molecule has 0 radical (unpaired) electrons. The Labute approximate surface area is 237 Å². The number of likely N-dealkylation sites (tertiary alicyclic amines) is 1. The zero-order valence-corrected chi connectivity index (χ0v) is 22.3. The fourth-order valence-electron chi connectivity index (χ4n) is 5.01. The molecule has 218 valence electrons. The van der Waals surface area contributed by atoms with Gasteiger partial charge in [-0.15, -0.1) is 5.10 Å². The van der Waals surface area contributed by atoms with Gasteiger partial charge in [0.15, 0.2) is 11.0 Å². The molecule has 1 fully saturated rings. The predicted molar refractivity (Wildman–Crippen MR) is 141 cm³/mol. The minimum absolute atomic E-state index is 0.119. The lowest BCUT2D eigenvalue weighted by atomic mass is 9.97. The molecule has 4 heterocycles. The lowest BCUT2D eigenvalue weighted by Crippen LogP contribution is -2.36. The minimum Gasteiger partial charge on any atom is -0.351 e. The van der Waals surface area contributed by atoms with Crippen molar-refractivity contribution in [2.75, 3.05) is 13.1 Å². The van der Waals surface area contributed by atoms with Crippen molar-refractivity contribution in [2.45, 2.75) is 37.7 Å². The molecular weight excluding hydrogens is 586 g/mol. The number of amidine groups is 1. The number of aromatic amines is 1. The number of hydrogen-bond donors (Lipinski definition) is 1. The third kappa shape index (κ3) is 5.62. The number of thioether (sulfide) groups is 1. The molecule has 1 amide bonds. The van der Waals surface area contributed by atoms with Crippen LogP contribution < -0.4 is 0 Å². The molecule has 0 bridgehead atoms. The highest BCUT2D eigenvalue weighted by Crippen LogP contribution is 2.38. The van der Waals surface area contributed by atoms with Gasteiger partial charge in [0.2, 0.25) is 0 Å². The molecule has 42 heavy (non-hydrogen) atoms. The monoisotopic (exact) mass is 606 g/mol. The van der Waals surface area contributed by atoms with Crippen molar-refractivity contribution in [3.8, 4) is 0 Å². The average molecular weight is 607 g/mol. The Kier molecular flexibility index (Phi) is 7.03. The van der Waals surface area contributed by atoms with Crippen molar-refractivity contribution in [2.24, 2.45) is 4.99 Å². The molecule has 2 aliphatic heterocycles. The molecule has 9 nitrogen and oxygen atoms in total. The SMILES string of the molecule is O=C1N=C(N2CCC(c3nnn[nH]3)CC2)S/C1=C\c1ccc2c(cnn2Cc2ccc(C(F)(F)F)cc2C(F)(F)F)c1. The highest BCUT2D eigenvalue weighted by molar-refractivity contribution is 8.18. The normalized spacial score (nSPS) is 18.0. The summed E-state index contributed by atoms with van der Waals surface area (Å²) in [5.74, 6) is 0.585. The third-order valence-electron chi connectivity index (χ3n) is 7.15. The number of carbonyl (C=O) groups is 1. The zero-order chi connectivity index (χ0) is 29.6. The molecule has 4 aromatic rings. The lowest BCUT2D eigenvalue weighted by Gasteiger charge is -2.31. The van der Waals surface area contributed by atoms with Crippen molar-refractivity contribution in [1.82, 2.24) is 35.3 Å². The molecule has 1 N–H and O–H groups in total. The molecule has 0 aliphatic carbocycles. The summed E-state index contributed by atoms with van der Waals surface area (Å²) in [4.78, 5) is 19.3. The number of halogens is 6. The van der Waals surface area contributed by atoms with E-state index in [1.807, 2.05) is 4.90 Å². The first kappa shape index (κ1) is 27.9. The topological polar surface area (TPSA) is 105 Å². The van der Waals surface area contributed by atoms with Crippen LogP contribution >= 0.6 is 11.8 Å². The molecule has 16 heteroatoms. The first-order valence-corrected chi connectivity index (χ1v) is 13.5. The molecule has 0 atom stereocenters. The van der Waals surface area contributed by atoms with Gasteiger partial charge in [0.1, 0.15) is 0 Å². The van der Waals surface area contributed by atoms with Gasteiger partial charge in [-0.25, -0.2) is 5.10 Å². The number of aliphatic imine (C=N–C) groups is 1. The number of alkyl halides is 6. The van der Waals surface area contributed by atoms with Crippen LogP contribution in [0.25, 0.3) is 17.0 Å². The van der Waals surface area contributed by atoms with Crippen LogP contribution in [0.4, 0.5) is 26.3 Å². The molecular formula is C26H20F6N8OS. The number of piperidine rings is 1. The van der Waals surface area contributed by atoms with E-state index < -0.39 is 23.5 Å². The summed E-state index contributed by atoms with van der Waals surface area (Å²) in [5, 5.41) is 19.4. The Morgan fingerprint density at radius 3 is 2.50 bits per heavy atom. The van der Waals surface area contributed by atoms with Crippen LogP contribution in [0.15, 0.2) is 52.5 Å². The Hall–Kier alpha value is -4.21. The van der Waals surface area contributed by atoms with Crippen molar-refractivity contribution in [3.63, 3.8) is 0 Å². The van der Waals surface area contributed by atoms with Crippen LogP contribution in [0, 0.1) is 0 Å². The minimum atomic E-state index is -4.98. The second kappa shape index (κ2) is 10.6. The maximum atomic E-state index is 13.6. The maximum Gasteiger partial charge on any atom is 0.416 e. The molecule has 2 aromatic heterocycles. The molecule has 0 saturated carbocycles. The third-order valence-corrected chi connectivity index (χ3v) is 8.19. The van der Waals surface area contributed by atoms with E-state index >= 15 is 0 Å². The van der Waals surface area contributed by atoms with Crippen LogP contribution in [0.3, 0.4) is 0 Å². The Morgan fingerprint density at radius 1 is 1.02 bits per heavy atom. The van der Waals surface area contributed by atoms with Gasteiger partial charge >= 0.3 is 12.4 Å². The Balaban J connectivity index is 1.17. The quantitative estimate of drug-likeness (QED) is 0.242. The number of rotatable bonds is 4. The van der Waals surface area contributed by atoms with Gasteiger partial charge < -0.3 is 4.90 Å². The van der Waals surface area contributed by atoms with E-state index in [1.54, 1.807) is 24.3 Å². The summed E-state index contributed by atoms with van der Waals surface area (Å²) in [7, 11) is 0. The largest absolute Gasteiger partial charge is 0.416 e. The number of H-pyrrole nitrogens is 1. The molecule has 0 unspecified atom stereocenters. The molecule has 6 rings (SSSR count). The lowest BCUT2D eigenvalue weighted by molar-refractivity contribution is -0.143. The fourth-order valence-corrected chi connectivity index (χ4v) is 5.97. The Morgan fingerprint density at radius 2 is 1.81 bits per heavy atom. The number of benzene rings is 2. The van der Waals surface area contributed by atoms with Crippen LogP contribution in [0.5, 0.6) is 0 Å². The molecule has 2 aliphatic rings. The number of tetrazole rings is 1. The maximum absolute atomic E-state index is 13.6. The summed E-state index contributed by atoms with van der Waals surface area (Å²) in [6.07, 6.45) is -5.13. The number of nitrogens with one attached hydrogen (secondary N) is 1. The van der Waals surface area contributed by atoms with E-state index in [2.05, 4.69) is 30.7 Å². The van der Waals surface area contributed by atoms with E-state index in [0.29, 0.717) is 45.7 Å². The second-order valence-electron chi connectivity index (χ2n) is 9.85. The van der Waals surface area contributed by atoms with Crippen LogP contribution in [0.2, 0.25) is 0 Å². The van der Waals surface area contributed by atoms with Gasteiger partial charge in [-0.3, -0.25) is 9.48 Å². The first-order chi connectivity index (χ1) is 20.0. The fraction of sp³-hybridized carbons (Fsp3) is 0.308. The van der Waals surface area contributed by atoms with Gasteiger partial charge in [0.25, 0.3) is 5.91 Å². The van der Waals surface area contributed by atoms with Crippen LogP contribution in [0.1, 0.15) is 46.8 Å². The highest BCUT2D eigenvalue weighted by Gasteiger charge is 2.38. The zero-order valence-electron chi connectivity index (χ0n) is 21.4. The van der Waals surface area contributed by atoms with Crippen molar-refractivity contribution >= 4 is 39.8 Å². The van der Waals surface area contributed by atoms with Gasteiger partial charge in [0.05, 0.1) is 34.3 Å². The Bertz CT molecular complexity index is 1700. The van der Waals surface area contributed by atoms with E-state index in [9.17, 15) is 31.1 Å². The van der Waals surface area contributed by atoms with E-state index in [4.69, 9.17) is 0 Å². The first-order valence-electron chi connectivity index (χ1n) is 12.7. The number of nitrogens with zero attached hydrogens (tertiary/aromatic N) is 7. The molecule has 2 aromatic carbocycles. The van der Waals surface area contributed by atoms with E-state index in [-0.39, 0.29) is 30.0 Å². The van der Waals surface area contributed by atoms with Gasteiger partial charge in [-0.2, -0.15) is 36.4 Å². The summed E-state index contributed by atoms with van der Waals surface area (Å²) < 4.78 is 81.2. The number of carbonyl (C=O) groups excluding carboxylic acids is 1. The number of fused-ring (bicyclic) bond motifs is 1. The van der Waals surface area contributed by atoms with Crippen molar-refractivity contribution < 1.29 is 31.1 Å². The number of aromatic nitrogens is 6. The summed E-state index contributed by atoms with van der Waals surface area (Å²) in [6, 6.07) is 6.63. The average Bonchev–Trinajstić information content (AvgIpc) is 3.69. The summed E-state index contributed by atoms with van der Waals surface area (Å²) in [6.45, 7) is 1.00. The highest BCUT2D eigenvalue weighted by atomic mass is 32.2. The molecule has 1 saturated heterocycles. The number of hydrogen-bond acceptors (Lipinski definition) is 7. The standard InChI is InChI=1S/C26H20F6N8OS/c27-25(28,29)18-3-2-16(19(11-18)26(30,31)32)13-40-20-4-1-14(9-17(20)12-33-40)10-21-23(41)34-24(42-21)39-7-5-15(6-8-39)22-35-37-38-36-22/h1-4,9-12,15H,5-8,13H2,(H,35,36,37,38)/b21-10-.